The van der Waals surface area contributed by atoms with Crippen molar-refractivity contribution in [3.8, 4) is 0 Å². The third-order valence-corrected chi connectivity index (χ3v) is 10.9. The van der Waals surface area contributed by atoms with Crippen LogP contribution in [0.5, 0.6) is 0 Å². The van der Waals surface area contributed by atoms with E-state index >= 15 is 0 Å². The molecule has 2 fully saturated rings. The molecular formula is C35H58N10O13S. The molecule has 23 nitrogen and oxygen atoms in total. The zero-order valence-electron chi connectivity index (χ0n) is 33.1. The first-order chi connectivity index (χ1) is 27.9. The van der Waals surface area contributed by atoms with E-state index in [1.54, 1.807) is 13.8 Å². The highest BCUT2D eigenvalue weighted by atomic mass is 32.2. The van der Waals surface area contributed by atoms with Gasteiger partial charge in [0.2, 0.25) is 47.3 Å². The Morgan fingerprint density at radius 2 is 1.47 bits per heavy atom. The fourth-order valence-corrected chi connectivity index (χ4v) is 7.93. The summed E-state index contributed by atoms with van der Waals surface area (Å²) in [5, 5.41) is 48.0. The minimum Gasteiger partial charge on any atom is -0.481 e. The molecule has 0 spiro atoms. The van der Waals surface area contributed by atoms with Crippen LogP contribution in [0.3, 0.4) is 0 Å². The second-order valence-corrected chi connectivity index (χ2v) is 16.0. The van der Waals surface area contributed by atoms with Gasteiger partial charge in [-0.25, -0.2) is 10.3 Å². The lowest BCUT2D eigenvalue weighted by molar-refractivity contribution is -0.142. The molecule has 24 heteroatoms. The van der Waals surface area contributed by atoms with Crippen LogP contribution in [0.25, 0.3) is 0 Å². The average Bonchev–Trinajstić information content (AvgIpc) is 3.73. The van der Waals surface area contributed by atoms with Crippen LogP contribution in [0.2, 0.25) is 0 Å². The normalized spacial score (nSPS) is 18.7. The van der Waals surface area contributed by atoms with Crippen LogP contribution in [-0.2, 0) is 43.2 Å². The number of unbranched alkanes of at least 4 members (excludes halogenated alkanes) is 2. The van der Waals surface area contributed by atoms with Gasteiger partial charge in [0.1, 0.15) is 18.1 Å². The maximum absolute atomic E-state index is 12.9. The molecule has 14 N–H and O–H groups in total. The first-order valence-electron chi connectivity index (χ1n) is 19.4. The van der Waals surface area contributed by atoms with Gasteiger partial charge in [-0.1, -0.05) is 20.3 Å². The molecule has 10 amide bonds. The van der Waals surface area contributed by atoms with Crippen molar-refractivity contribution in [3.63, 3.8) is 0 Å². The number of nitrogens with two attached hydrogens (primary N) is 1. The predicted molar refractivity (Wildman–Crippen MR) is 209 cm³/mol. The largest absolute Gasteiger partial charge is 0.481 e. The number of thioether (sulfide) groups is 1. The number of hydrogen-bond donors (Lipinski definition) is 13. The van der Waals surface area contributed by atoms with Crippen LogP contribution < -0.4 is 53.7 Å². The minimum atomic E-state index is -1.74. The Bertz CT molecular complexity index is 1520. The molecule has 59 heavy (non-hydrogen) atoms. The van der Waals surface area contributed by atoms with Gasteiger partial charge in [-0.2, -0.15) is 11.8 Å². The number of urea groups is 1. The van der Waals surface area contributed by atoms with Gasteiger partial charge in [-0.15, -0.1) is 0 Å². The molecule has 0 radical (unpaired) electrons. The number of primary amides is 1. The fraction of sp³-hybridized carbons (Fsp3) is 0.714. The lowest BCUT2D eigenvalue weighted by Gasteiger charge is -2.24. The number of amides is 10. The highest BCUT2D eigenvalue weighted by Gasteiger charge is 2.42. The monoisotopic (exact) mass is 858 g/mol. The number of aliphatic carboxylic acids is 1. The number of carboxylic acids is 1. The van der Waals surface area contributed by atoms with Crippen molar-refractivity contribution in [2.24, 2.45) is 17.6 Å². The average molecular weight is 859 g/mol. The van der Waals surface area contributed by atoms with Gasteiger partial charge in [0.05, 0.1) is 38.2 Å². The number of hydrogen-bond acceptors (Lipinski definition) is 13. The molecule has 0 aromatic rings. The summed E-state index contributed by atoms with van der Waals surface area (Å²) in [5.41, 5.74) is 6.82. The molecule has 7 atom stereocenters. The number of fused-ring (bicyclic) bond motifs is 1. The van der Waals surface area contributed by atoms with E-state index in [9.17, 15) is 58.2 Å². The van der Waals surface area contributed by atoms with Gasteiger partial charge in [-0.3, -0.25) is 48.4 Å². The molecule has 0 aliphatic carbocycles. The Morgan fingerprint density at radius 1 is 0.780 bits per heavy atom. The number of carbonyl (C=O) groups is 10. The summed E-state index contributed by atoms with van der Waals surface area (Å²) in [7, 11) is 0. The Hall–Kier alpha value is -5.23. The van der Waals surface area contributed by atoms with Crippen LogP contribution in [0.1, 0.15) is 78.1 Å². The van der Waals surface area contributed by atoms with E-state index in [1.807, 2.05) is 11.8 Å². The van der Waals surface area contributed by atoms with Gasteiger partial charge < -0.3 is 58.5 Å². The Labute approximate surface area is 344 Å². The number of nitrogens with one attached hydrogen (secondary N) is 9. The molecule has 0 aromatic carbocycles. The van der Waals surface area contributed by atoms with Gasteiger partial charge >= 0.3 is 12.0 Å². The second kappa shape index (κ2) is 26.0. The van der Waals surface area contributed by atoms with E-state index in [4.69, 9.17) is 10.9 Å². The van der Waals surface area contributed by atoms with Crippen molar-refractivity contribution >= 4 is 71.0 Å². The molecule has 2 aliphatic rings. The predicted octanol–water partition coefficient (Wildman–Crippen LogP) is -3.80. The highest BCUT2D eigenvalue weighted by molar-refractivity contribution is 8.00. The highest BCUT2D eigenvalue weighted by Crippen LogP contribution is 2.33. The number of rotatable bonds is 28. The van der Waals surface area contributed by atoms with Gasteiger partial charge in [0.25, 0.3) is 0 Å². The van der Waals surface area contributed by atoms with Crippen molar-refractivity contribution in [2.75, 3.05) is 32.0 Å². The molecule has 2 saturated heterocycles. The molecule has 332 valence electrons. The maximum atomic E-state index is 12.9. The molecule has 2 heterocycles. The maximum Gasteiger partial charge on any atom is 0.315 e. The fourth-order valence-electron chi connectivity index (χ4n) is 6.39. The molecule has 0 aromatic heterocycles. The first kappa shape index (κ1) is 49.9. The summed E-state index contributed by atoms with van der Waals surface area (Å²) in [4.78, 5) is 122. The van der Waals surface area contributed by atoms with Gasteiger partial charge in [0, 0.05) is 36.3 Å². The van der Waals surface area contributed by atoms with Crippen molar-refractivity contribution in [3.05, 3.63) is 0 Å². The van der Waals surface area contributed by atoms with Crippen molar-refractivity contribution in [1.82, 2.24) is 48.0 Å². The molecule has 1 unspecified atom stereocenters. The van der Waals surface area contributed by atoms with Crippen LogP contribution in [-0.4, -0.2) is 142 Å². The third-order valence-electron chi connectivity index (χ3n) is 9.38. The third kappa shape index (κ3) is 18.9. The number of carboxylic acid groups (broad SMARTS) is 1. The van der Waals surface area contributed by atoms with E-state index in [2.05, 4.69) is 42.5 Å². The minimum absolute atomic E-state index is 0.103. The smallest absolute Gasteiger partial charge is 0.315 e. The standard InChI is InChI=1S/C35H58N10O13S/c1-18(2)11-19(12-26(48)45-58)32(54)41-21(13-29(51)52)34(56)42-22(16-46)33(55)39-14-27(49)38-15-28(50)40-20(31(36)53)7-5-6-10-37-25(47)9-4-3-8-24-30-23(17-59-24)43-35(57)44-30/h18-24,30,46,58H,3-17H2,1-2H3,(H2,36,53)(H,37,47)(H,38,49)(H,39,55)(H,40,50)(H,41,54)(H,42,56)(H,45,48)(H,51,52)(H2,43,44,57)/t19?,20-,21-,22-,23-,24-,30-/m0/s1. The van der Waals surface area contributed by atoms with Crippen LogP contribution >= 0.6 is 11.8 Å². The SMILES string of the molecule is CC(C)CC(CC(=O)NO)C(=O)N[C@@H](CC(=O)O)C(=O)N[C@@H](CO)C(=O)NCC(=O)NCC(=O)N[C@@H](CCCCNC(=O)CCCC[C@@H]1SC[C@@H]2NC(=O)N[C@@H]21)C(N)=O. The van der Waals surface area contributed by atoms with Gasteiger partial charge in [-0.05, 0) is 44.4 Å². The van der Waals surface area contributed by atoms with E-state index in [-0.39, 0.29) is 42.8 Å². The topological polar surface area (TPSA) is 366 Å². The summed E-state index contributed by atoms with van der Waals surface area (Å²) in [6.07, 6.45) is 2.67. The van der Waals surface area contributed by atoms with E-state index in [0.29, 0.717) is 37.5 Å². The van der Waals surface area contributed by atoms with E-state index in [1.165, 1.54) is 5.48 Å². The summed E-state index contributed by atoms with van der Waals surface area (Å²) in [6, 6.07) is -4.35. The van der Waals surface area contributed by atoms with Crippen LogP contribution in [0, 0.1) is 11.8 Å². The molecule has 2 aliphatic heterocycles. The lowest BCUT2D eigenvalue weighted by Crippen LogP contribution is -2.57. The zero-order valence-corrected chi connectivity index (χ0v) is 34.0. The molecule has 0 saturated carbocycles. The quantitative estimate of drug-likeness (QED) is 0.0155. The summed E-state index contributed by atoms with van der Waals surface area (Å²) in [5.74, 6) is -8.31. The number of hydroxylamine groups is 1. The van der Waals surface area contributed by atoms with E-state index in [0.717, 1.165) is 18.6 Å². The Morgan fingerprint density at radius 3 is 2.12 bits per heavy atom. The van der Waals surface area contributed by atoms with Gasteiger partial charge in [0.15, 0.2) is 0 Å². The summed E-state index contributed by atoms with van der Waals surface area (Å²) < 4.78 is 0. The Kier molecular flexibility index (Phi) is 22.0. The zero-order chi connectivity index (χ0) is 44.1. The molecular weight excluding hydrogens is 801 g/mol. The number of carbonyl (C=O) groups excluding carboxylic acids is 9. The van der Waals surface area contributed by atoms with Crippen LogP contribution in [0.4, 0.5) is 4.79 Å². The molecule has 2 rings (SSSR count). The van der Waals surface area contributed by atoms with E-state index < -0.39 is 104 Å². The number of aliphatic hydroxyl groups excluding tert-OH is 1. The molecule has 0 bridgehead atoms. The van der Waals surface area contributed by atoms with Crippen molar-refractivity contribution < 1.29 is 63.4 Å². The summed E-state index contributed by atoms with van der Waals surface area (Å²) >= 11 is 1.82. The number of aliphatic hydroxyl groups is 1. The lowest BCUT2D eigenvalue weighted by atomic mass is 9.92. The van der Waals surface area contributed by atoms with Crippen molar-refractivity contribution in [1.29, 1.82) is 0 Å². The Balaban J connectivity index is 1.70. The first-order valence-corrected chi connectivity index (χ1v) is 20.4. The van der Waals surface area contributed by atoms with Crippen LogP contribution in [0.15, 0.2) is 0 Å². The second-order valence-electron chi connectivity index (χ2n) is 14.7. The summed E-state index contributed by atoms with van der Waals surface area (Å²) in [6.45, 7) is 1.53. The van der Waals surface area contributed by atoms with Crippen molar-refractivity contribution in [2.45, 2.75) is 114 Å².